The van der Waals surface area contributed by atoms with Crippen molar-refractivity contribution in [3.8, 4) is 0 Å². The summed E-state index contributed by atoms with van der Waals surface area (Å²) in [6.45, 7) is 4.62. The van der Waals surface area contributed by atoms with Crippen molar-refractivity contribution in [2.75, 3.05) is 13.7 Å². The third kappa shape index (κ3) is 4.57. The second-order valence-corrected chi connectivity index (χ2v) is 4.28. The minimum atomic E-state index is -0.515. The molecule has 0 aliphatic rings. The third-order valence-electron chi connectivity index (χ3n) is 2.75. The number of carbonyl (C=O) groups is 2. The van der Waals surface area contributed by atoms with E-state index in [1.165, 1.54) is 23.8 Å². The molecule has 1 aromatic carbocycles. The Morgan fingerprint density at radius 2 is 2.00 bits per heavy atom. The number of nitrogens with one attached hydrogen (secondary N) is 1. The number of hydrogen-bond acceptors (Lipinski definition) is 3. The van der Waals surface area contributed by atoms with Crippen molar-refractivity contribution in [3.63, 3.8) is 0 Å². The van der Waals surface area contributed by atoms with Gasteiger partial charge in [-0.25, -0.2) is 0 Å². The van der Waals surface area contributed by atoms with Crippen molar-refractivity contribution in [3.05, 3.63) is 34.9 Å². The maximum Gasteiger partial charge on any atom is 0.315 e. The summed E-state index contributed by atoms with van der Waals surface area (Å²) < 4.78 is 4.42. The van der Waals surface area contributed by atoms with Crippen LogP contribution in [0.3, 0.4) is 0 Å². The van der Waals surface area contributed by atoms with Gasteiger partial charge in [0.2, 0.25) is 5.91 Å². The lowest BCUT2D eigenvalue weighted by molar-refractivity contribution is -0.143. The highest BCUT2D eigenvalue weighted by atomic mass is 16.5. The zero-order valence-corrected chi connectivity index (χ0v) is 11.1. The minimum absolute atomic E-state index is 0.219. The summed E-state index contributed by atoms with van der Waals surface area (Å²) in [5, 5.41) is 2.70. The SMILES string of the molecule is COC(=O)CC(=O)NCCc1cc(C)ccc1C. The normalized spacial score (nSPS) is 9.94. The average Bonchev–Trinajstić information content (AvgIpc) is 2.33. The number of carbonyl (C=O) groups excluding carboxylic acids is 2. The maximum absolute atomic E-state index is 11.3. The van der Waals surface area contributed by atoms with E-state index >= 15 is 0 Å². The summed E-state index contributed by atoms with van der Waals surface area (Å²) >= 11 is 0. The van der Waals surface area contributed by atoms with Gasteiger partial charge in [-0.2, -0.15) is 0 Å². The predicted molar refractivity (Wildman–Crippen MR) is 69.3 cm³/mol. The first-order chi connectivity index (χ1) is 8.52. The molecular weight excluding hydrogens is 230 g/mol. The van der Waals surface area contributed by atoms with Crippen LogP contribution in [0.15, 0.2) is 18.2 Å². The molecule has 1 rings (SSSR count). The molecule has 0 aliphatic heterocycles. The van der Waals surface area contributed by atoms with Crippen molar-refractivity contribution in [2.45, 2.75) is 26.7 Å². The van der Waals surface area contributed by atoms with Crippen molar-refractivity contribution in [1.29, 1.82) is 0 Å². The first-order valence-electron chi connectivity index (χ1n) is 5.92. The number of rotatable bonds is 5. The molecule has 4 nitrogen and oxygen atoms in total. The highest BCUT2D eigenvalue weighted by Gasteiger charge is 2.08. The summed E-state index contributed by atoms with van der Waals surface area (Å²) in [7, 11) is 1.27. The van der Waals surface area contributed by atoms with Crippen molar-refractivity contribution < 1.29 is 14.3 Å². The van der Waals surface area contributed by atoms with E-state index in [0.717, 1.165) is 6.42 Å². The van der Waals surface area contributed by atoms with E-state index in [0.29, 0.717) is 6.54 Å². The molecule has 1 aromatic rings. The lowest BCUT2D eigenvalue weighted by atomic mass is 10.0. The Balaban J connectivity index is 2.39. The van der Waals surface area contributed by atoms with Gasteiger partial charge in [-0.15, -0.1) is 0 Å². The van der Waals surface area contributed by atoms with E-state index in [4.69, 9.17) is 0 Å². The quantitative estimate of drug-likeness (QED) is 0.636. The minimum Gasteiger partial charge on any atom is -0.469 e. The Labute approximate surface area is 107 Å². The fourth-order valence-corrected chi connectivity index (χ4v) is 1.67. The van der Waals surface area contributed by atoms with Gasteiger partial charge in [0.25, 0.3) is 0 Å². The van der Waals surface area contributed by atoms with Crippen LogP contribution < -0.4 is 5.32 Å². The summed E-state index contributed by atoms with van der Waals surface area (Å²) in [5.41, 5.74) is 3.63. The van der Waals surface area contributed by atoms with Crippen LogP contribution >= 0.6 is 0 Å². The molecule has 18 heavy (non-hydrogen) atoms. The van der Waals surface area contributed by atoms with E-state index in [9.17, 15) is 9.59 Å². The van der Waals surface area contributed by atoms with E-state index < -0.39 is 5.97 Å². The van der Waals surface area contributed by atoms with E-state index in [1.54, 1.807) is 0 Å². The zero-order valence-electron chi connectivity index (χ0n) is 11.1. The van der Waals surface area contributed by atoms with E-state index in [-0.39, 0.29) is 12.3 Å². The molecular formula is C14H19NO3. The fraction of sp³-hybridized carbons (Fsp3) is 0.429. The molecule has 0 aromatic heterocycles. The molecule has 4 heteroatoms. The van der Waals surface area contributed by atoms with Crippen LogP contribution in [0, 0.1) is 13.8 Å². The Kier molecular flexibility index (Phi) is 5.36. The second kappa shape index (κ2) is 6.79. The first kappa shape index (κ1) is 14.2. The first-order valence-corrected chi connectivity index (χ1v) is 5.92. The van der Waals surface area contributed by atoms with E-state index in [2.05, 4.69) is 28.3 Å². The number of ether oxygens (including phenoxy) is 1. The molecule has 0 fully saturated rings. The molecule has 0 radical (unpaired) electrons. The maximum atomic E-state index is 11.3. The molecule has 1 N–H and O–H groups in total. The van der Waals surface area contributed by atoms with Crippen molar-refractivity contribution in [1.82, 2.24) is 5.32 Å². The third-order valence-corrected chi connectivity index (χ3v) is 2.75. The molecule has 0 heterocycles. The molecule has 0 unspecified atom stereocenters. The van der Waals surface area contributed by atoms with Crippen LogP contribution in [0.5, 0.6) is 0 Å². The lowest BCUT2D eigenvalue weighted by Crippen LogP contribution is -2.28. The molecule has 0 saturated heterocycles. The Hall–Kier alpha value is -1.84. The standard InChI is InChI=1S/C14H19NO3/c1-10-4-5-11(2)12(8-10)6-7-15-13(16)9-14(17)18-3/h4-5,8H,6-7,9H2,1-3H3,(H,15,16). The second-order valence-electron chi connectivity index (χ2n) is 4.28. The molecule has 98 valence electrons. The number of hydrogen-bond donors (Lipinski definition) is 1. The van der Waals surface area contributed by atoms with Crippen LogP contribution in [-0.4, -0.2) is 25.5 Å². The number of aryl methyl sites for hydroxylation is 2. The highest BCUT2D eigenvalue weighted by molar-refractivity contribution is 5.94. The topological polar surface area (TPSA) is 55.4 Å². The van der Waals surface area contributed by atoms with Crippen LogP contribution in [0.2, 0.25) is 0 Å². The smallest absolute Gasteiger partial charge is 0.315 e. The van der Waals surface area contributed by atoms with Crippen LogP contribution in [0.25, 0.3) is 0 Å². The summed E-state index contributed by atoms with van der Waals surface area (Å²) in [5.74, 6) is -0.814. The Bertz CT molecular complexity index is 441. The molecule has 1 amide bonds. The van der Waals surface area contributed by atoms with Crippen LogP contribution in [0.1, 0.15) is 23.1 Å². The Morgan fingerprint density at radius 3 is 2.67 bits per heavy atom. The zero-order chi connectivity index (χ0) is 13.5. The van der Waals surface area contributed by atoms with Crippen molar-refractivity contribution in [2.24, 2.45) is 0 Å². The van der Waals surface area contributed by atoms with Gasteiger partial charge in [-0.05, 0) is 31.4 Å². The van der Waals surface area contributed by atoms with Gasteiger partial charge >= 0.3 is 5.97 Å². The predicted octanol–water partition coefficient (Wildman–Crippen LogP) is 1.53. The van der Waals surface area contributed by atoms with Crippen LogP contribution in [0.4, 0.5) is 0 Å². The fourth-order valence-electron chi connectivity index (χ4n) is 1.67. The van der Waals surface area contributed by atoms with Gasteiger partial charge in [-0.1, -0.05) is 23.8 Å². The van der Waals surface area contributed by atoms with Crippen LogP contribution in [-0.2, 0) is 20.7 Å². The van der Waals surface area contributed by atoms with Gasteiger partial charge in [-0.3, -0.25) is 9.59 Å². The number of methoxy groups -OCH3 is 1. The monoisotopic (exact) mass is 249 g/mol. The van der Waals surface area contributed by atoms with Gasteiger partial charge in [0.05, 0.1) is 7.11 Å². The van der Waals surface area contributed by atoms with Gasteiger partial charge < -0.3 is 10.1 Å². The van der Waals surface area contributed by atoms with Gasteiger partial charge in [0.1, 0.15) is 6.42 Å². The van der Waals surface area contributed by atoms with Gasteiger partial charge in [0, 0.05) is 6.54 Å². The molecule has 0 saturated carbocycles. The Morgan fingerprint density at radius 1 is 1.28 bits per heavy atom. The lowest BCUT2D eigenvalue weighted by Gasteiger charge is -2.08. The number of benzene rings is 1. The molecule has 0 aliphatic carbocycles. The van der Waals surface area contributed by atoms with Crippen molar-refractivity contribution >= 4 is 11.9 Å². The summed E-state index contributed by atoms with van der Waals surface area (Å²) in [6, 6.07) is 6.25. The largest absolute Gasteiger partial charge is 0.469 e. The molecule has 0 bridgehead atoms. The summed E-state index contributed by atoms with van der Waals surface area (Å²) in [4.78, 5) is 22.2. The summed E-state index contributed by atoms with van der Waals surface area (Å²) in [6.07, 6.45) is 0.545. The van der Waals surface area contributed by atoms with E-state index in [1.807, 2.05) is 13.8 Å². The average molecular weight is 249 g/mol. The molecule has 0 atom stereocenters. The molecule has 0 spiro atoms. The van der Waals surface area contributed by atoms with Gasteiger partial charge in [0.15, 0.2) is 0 Å². The highest BCUT2D eigenvalue weighted by Crippen LogP contribution is 2.10. The number of esters is 1. The number of amides is 1.